The van der Waals surface area contributed by atoms with E-state index in [2.05, 4.69) is 4.72 Å². The van der Waals surface area contributed by atoms with Crippen molar-refractivity contribution in [3.63, 3.8) is 0 Å². The molecule has 0 saturated carbocycles. The van der Waals surface area contributed by atoms with E-state index < -0.39 is 10.0 Å². The van der Waals surface area contributed by atoms with Crippen molar-refractivity contribution in [2.45, 2.75) is 24.8 Å². The highest BCUT2D eigenvalue weighted by molar-refractivity contribution is 7.89. The predicted octanol–water partition coefficient (Wildman–Crippen LogP) is 3.01. The number of benzene rings is 1. The van der Waals surface area contributed by atoms with Gasteiger partial charge in [0.05, 0.1) is 11.7 Å². The summed E-state index contributed by atoms with van der Waals surface area (Å²) < 4.78 is 27.7. The number of anilines is 1. The van der Waals surface area contributed by atoms with Crippen molar-refractivity contribution in [2.24, 2.45) is 5.92 Å². The van der Waals surface area contributed by atoms with Crippen LogP contribution in [0.25, 0.3) is 0 Å². The summed E-state index contributed by atoms with van der Waals surface area (Å²) in [6, 6.07) is 10.1. The van der Waals surface area contributed by atoms with Gasteiger partial charge >= 0.3 is 0 Å². The number of rotatable bonds is 5. The average Bonchev–Trinajstić information content (AvgIpc) is 2.89. The summed E-state index contributed by atoms with van der Waals surface area (Å²) in [5.74, 6) is 0.147. The molecule has 1 atom stereocenters. The second kappa shape index (κ2) is 5.95. The highest BCUT2D eigenvalue weighted by Gasteiger charge is 2.25. The Labute approximate surface area is 123 Å². The van der Waals surface area contributed by atoms with E-state index in [9.17, 15) is 8.42 Å². The third-order valence-corrected chi connectivity index (χ3v) is 5.48. The first-order valence-electron chi connectivity index (χ1n) is 6.32. The van der Waals surface area contributed by atoms with E-state index in [0.29, 0.717) is 0 Å². The van der Waals surface area contributed by atoms with Crippen LogP contribution in [0.1, 0.15) is 24.8 Å². The number of hydrogen-bond donors (Lipinski definition) is 2. The lowest BCUT2D eigenvalue weighted by Crippen LogP contribution is -2.31. The topological polar surface area (TPSA) is 72.2 Å². The van der Waals surface area contributed by atoms with Gasteiger partial charge in [0.15, 0.2) is 0 Å². The molecule has 0 aliphatic heterocycles. The third-order valence-electron chi connectivity index (χ3n) is 3.01. The molecule has 2 rings (SSSR count). The first-order valence-corrected chi connectivity index (χ1v) is 8.68. The van der Waals surface area contributed by atoms with Crippen LogP contribution in [0.15, 0.2) is 46.7 Å². The maximum atomic E-state index is 12.5. The monoisotopic (exact) mass is 310 g/mol. The number of thiophene rings is 1. The van der Waals surface area contributed by atoms with Gasteiger partial charge in [-0.05, 0) is 29.5 Å². The average molecular weight is 310 g/mol. The Morgan fingerprint density at radius 1 is 1.15 bits per heavy atom. The Bertz CT molecular complexity index is 664. The van der Waals surface area contributed by atoms with Crippen LogP contribution < -0.4 is 10.5 Å². The molecule has 4 nitrogen and oxygen atoms in total. The number of para-hydroxylation sites is 1. The first kappa shape index (κ1) is 15.0. The van der Waals surface area contributed by atoms with Gasteiger partial charge < -0.3 is 5.73 Å². The van der Waals surface area contributed by atoms with Gasteiger partial charge in [0.2, 0.25) is 10.0 Å². The zero-order valence-electron chi connectivity index (χ0n) is 11.4. The molecule has 1 unspecified atom stereocenters. The van der Waals surface area contributed by atoms with Gasteiger partial charge in [-0.3, -0.25) is 0 Å². The van der Waals surface area contributed by atoms with E-state index in [-0.39, 0.29) is 22.5 Å². The fourth-order valence-corrected chi connectivity index (χ4v) is 4.47. The molecule has 1 heterocycles. The molecule has 1 aromatic carbocycles. The smallest absolute Gasteiger partial charge is 0.243 e. The van der Waals surface area contributed by atoms with Crippen LogP contribution in [0.5, 0.6) is 0 Å². The maximum absolute atomic E-state index is 12.5. The normalized spacial score (nSPS) is 13.6. The van der Waals surface area contributed by atoms with Gasteiger partial charge in [0, 0.05) is 4.88 Å². The highest BCUT2D eigenvalue weighted by atomic mass is 32.2. The second-order valence-corrected chi connectivity index (χ2v) is 7.56. The summed E-state index contributed by atoms with van der Waals surface area (Å²) in [6.45, 7) is 3.97. The molecule has 20 heavy (non-hydrogen) atoms. The van der Waals surface area contributed by atoms with E-state index in [1.165, 1.54) is 6.07 Å². The molecule has 2 aromatic rings. The minimum absolute atomic E-state index is 0.127. The molecule has 0 fully saturated rings. The summed E-state index contributed by atoms with van der Waals surface area (Å²) in [7, 11) is -3.63. The predicted molar refractivity (Wildman–Crippen MR) is 83.1 cm³/mol. The van der Waals surface area contributed by atoms with Crippen molar-refractivity contribution in [3.8, 4) is 0 Å². The number of hydrogen-bond acceptors (Lipinski definition) is 4. The van der Waals surface area contributed by atoms with E-state index in [0.717, 1.165) is 4.88 Å². The molecular weight excluding hydrogens is 292 g/mol. The van der Waals surface area contributed by atoms with Gasteiger partial charge in [-0.1, -0.05) is 32.0 Å². The van der Waals surface area contributed by atoms with Crippen LogP contribution >= 0.6 is 11.3 Å². The Kier molecular flexibility index (Phi) is 4.47. The molecule has 3 N–H and O–H groups in total. The van der Waals surface area contributed by atoms with Crippen LogP contribution in [0, 0.1) is 5.92 Å². The Morgan fingerprint density at radius 2 is 1.85 bits per heavy atom. The second-order valence-electron chi connectivity index (χ2n) is 4.90. The molecule has 0 saturated heterocycles. The largest absolute Gasteiger partial charge is 0.398 e. The molecular formula is C14H18N2O2S2. The Hall–Kier alpha value is -1.37. The quantitative estimate of drug-likeness (QED) is 0.834. The molecule has 0 aliphatic rings. The third kappa shape index (κ3) is 3.20. The molecule has 0 spiro atoms. The molecule has 0 radical (unpaired) electrons. The number of nitrogens with one attached hydrogen (secondary N) is 1. The zero-order valence-corrected chi connectivity index (χ0v) is 13.0. The summed E-state index contributed by atoms with van der Waals surface area (Å²) in [5.41, 5.74) is 6.02. The van der Waals surface area contributed by atoms with Gasteiger partial charge in [0.25, 0.3) is 0 Å². The lowest BCUT2D eigenvalue weighted by atomic mass is 10.0. The first-order chi connectivity index (χ1) is 9.42. The van der Waals surface area contributed by atoms with Crippen LogP contribution in [0.2, 0.25) is 0 Å². The summed E-state index contributed by atoms with van der Waals surface area (Å²) >= 11 is 1.54. The van der Waals surface area contributed by atoms with Crippen LogP contribution in [0.3, 0.4) is 0 Å². The van der Waals surface area contributed by atoms with Crippen molar-refractivity contribution >= 4 is 27.0 Å². The number of nitrogens with two attached hydrogens (primary N) is 1. The maximum Gasteiger partial charge on any atom is 0.243 e. The van der Waals surface area contributed by atoms with Gasteiger partial charge in [-0.25, -0.2) is 13.1 Å². The van der Waals surface area contributed by atoms with E-state index >= 15 is 0 Å². The Morgan fingerprint density at radius 3 is 2.40 bits per heavy atom. The molecule has 0 amide bonds. The number of sulfonamides is 1. The molecule has 1 aromatic heterocycles. The Balaban J connectivity index is 2.34. The van der Waals surface area contributed by atoms with Crippen molar-refractivity contribution in [2.75, 3.05) is 5.73 Å². The standard InChI is InChI=1S/C14H18N2O2S2/c1-10(2)14(12-7-5-9-19-12)16-20(17,18)13-8-4-3-6-11(13)15/h3-10,14,16H,15H2,1-2H3. The van der Waals surface area contributed by atoms with Crippen molar-refractivity contribution in [1.29, 1.82) is 0 Å². The van der Waals surface area contributed by atoms with Gasteiger partial charge in [-0.15, -0.1) is 11.3 Å². The minimum atomic E-state index is -3.63. The molecule has 6 heteroatoms. The highest BCUT2D eigenvalue weighted by Crippen LogP contribution is 2.28. The van der Waals surface area contributed by atoms with Crippen molar-refractivity contribution in [1.82, 2.24) is 4.72 Å². The molecule has 0 aliphatic carbocycles. The van der Waals surface area contributed by atoms with Gasteiger partial charge in [0.1, 0.15) is 4.90 Å². The lowest BCUT2D eigenvalue weighted by Gasteiger charge is -2.21. The SMILES string of the molecule is CC(C)C(NS(=O)(=O)c1ccccc1N)c1cccs1. The lowest BCUT2D eigenvalue weighted by molar-refractivity contribution is 0.469. The molecule has 108 valence electrons. The molecule has 0 bridgehead atoms. The van der Waals surface area contributed by atoms with Crippen molar-refractivity contribution < 1.29 is 8.42 Å². The van der Waals surface area contributed by atoms with Gasteiger partial charge in [-0.2, -0.15) is 0 Å². The summed E-state index contributed by atoms with van der Waals surface area (Å²) in [6.07, 6.45) is 0. The minimum Gasteiger partial charge on any atom is -0.398 e. The van der Waals surface area contributed by atoms with E-state index in [1.807, 2.05) is 31.4 Å². The summed E-state index contributed by atoms with van der Waals surface area (Å²) in [4.78, 5) is 1.13. The fraction of sp³-hybridized carbons (Fsp3) is 0.286. The number of nitrogen functional groups attached to an aromatic ring is 1. The van der Waals surface area contributed by atoms with Crippen molar-refractivity contribution in [3.05, 3.63) is 46.7 Å². The van der Waals surface area contributed by atoms with E-state index in [4.69, 9.17) is 5.73 Å². The summed E-state index contributed by atoms with van der Waals surface area (Å²) in [5, 5.41) is 1.94. The van der Waals surface area contributed by atoms with Crippen LogP contribution in [0.4, 0.5) is 5.69 Å². The van der Waals surface area contributed by atoms with E-state index in [1.54, 1.807) is 29.5 Å². The fourth-order valence-electron chi connectivity index (χ4n) is 1.95. The van der Waals surface area contributed by atoms with Crippen LogP contribution in [-0.2, 0) is 10.0 Å². The zero-order chi connectivity index (χ0) is 14.8. The van der Waals surface area contributed by atoms with Crippen LogP contribution in [-0.4, -0.2) is 8.42 Å².